The van der Waals surface area contributed by atoms with Crippen molar-refractivity contribution in [3.05, 3.63) is 34.9 Å². The summed E-state index contributed by atoms with van der Waals surface area (Å²) in [6.07, 6.45) is 3.97. The van der Waals surface area contributed by atoms with Crippen LogP contribution in [0.1, 0.15) is 37.7 Å². The lowest BCUT2D eigenvalue weighted by Gasteiger charge is -2.25. The highest BCUT2D eigenvalue weighted by Crippen LogP contribution is 2.28. The molecule has 2 rings (SSSR count). The summed E-state index contributed by atoms with van der Waals surface area (Å²) in [7, 11) is 0. The van der Waals surface area contributed by atoms with E-state index in [0.29, 0.717) is 5.92 Å². The number of hydrogen-bond donors (Lipinski definition) is 1. The quantitative estimate of drug-likeness (QED) is 0.843. The Balaban J connectivity index is 1.94. The Morgan fingerprint density at radius 1 is 1.50 bits per heavy atom. The third-order valence-corrected chi connectivity index (χ3v) is 3.74. The van der Waals surface area contributed by atoms with Gasteiger partial charge in [0.15, 0.2) is 0 Å². The minimum absolute atomic E-state index is 0.614. The van der Waals surface area contributed by atoms with Gasteiger partial charge < -0.3 is 5.32 Å². The predicted molar refractivity (Wildman–Crippen MR) is 70.1 cm³/mol. The van der Waals surface area contributed by atoms with Crippen molar-refractivity contribution < 1.29 is 0 Å². The van der Waals surface area contributed by atoms with Crippen molar-refractivity contribution in [3.8, 4) is 0 Å². The molecule has 0 spiro atoms. The van der Waals surface area contributed by atoms with E-state index in [0.717, 1.165) is 10.9 Å². The first-order chi connectivity index (χ1) is 7.75. The lowest BCUT2D eigenvalue weighted by molar-refractivity contribution is 0.340. The van der Waals surface area contributed by atoms with E-state index in [1.807, 2.05) is 12.1 Å². The van der Waals surface area contributed by atoms with Crippen molar-refractivity contribution in [1.29, 1.82) is 0 Å². The standard InChI is InChI=1S/C14H20ClN/c1-11(8-12-4-3-7-16-10-12)13-5-2-6-14(15)9-13/h2,5-6,9,11-12,16H,3-4,7-8,10H2,1H3. The molecule has 1 N–H and O–H groups in total. The number of piperidine rings is 1. The number of benzene rings is 1. The van der Waals surface area contributed by atoms with Gasteiger partial charge in [0.1, 0.15) is 0 Å². The van der Waals surface area contributed by atoms with E-state index in [9.17, 15) is 0 Å². The van der Waals surface area contributed by atoms with Crippen LogP contribution in [0.15, 0.2) is 24.3 Å². The van der Waals surface area contributed by atoms with Gasteiger partial charge in [-0.3, -0.25) is 0 Å². The normalized spacial score (nSPS) is 23.0. The Bertz CT molecular complexity index is 331. The molecule has 16 heavy (non-hydrogen) atoms. The molecule has 0 saturated carbocycles. The smallest absolute Gasteiger partial charge is 0.0408 e. The summed E-state index contributed by atoms with van der Waals surface area (Å²) >= 11 is 6.02. The van der Waals surface area contributed by atoms with Gasteiger partial charge in [-0.15, -0.1) is 0 Å². The van der Waals surface area contributed by atoms with Crippen LogP contribution in [-0.4, -0.2) is 13.1 Å². The average molecular weight is 238 g/mol. The molecule has 1 aliphatic heterocycles. The molecule has 88 valence electrons. The Kier molecular flexibility index (Phi) is 4.25. The van der Waals surface area contributed by atoms with Gasteiger partial charge in [-0.25, -0.2) is 0 Å². The van der Waals surface area contributed by atoms with Crippen LogP contribution in [0.2, 0.25) is 5.02 Å². The third-order valence-electron chi connectivity index (χ3n) is 3.50. The summed E-state index contributed by atoms with van der Waals surface area (Å²) in [4.78, 5) is 0. The van der Waals surface area contributed by atoms with Crippen LogP contribution in [-0.2, 0) is 0 Å². The van der Waals surface area contributed by atoms with Crippen molar-refractivity contribution >= 4 is 11.6 Å². The molecule has 0 aromatic heterocycles. The fourth-order valence-electron chi connectivity index (χ4n) is 2.57. The molecule has 1 aromatic rings. The molecule has 1 aliphatic rings. The summed E-state index contributed by atoms with van der Waals surface area (Å²) in [6, 6.07) is 8.28. The van der Waals surface area contributed by atoms with Crippen LogP contribution in [0.25, 0.3) is 0 Å². The van der Waals surface area contributed by atoms with Gasteiger partial charge in [0.05, 0.1) is 0 Å². The van der Waals surface area contributed by atoms with E-state index in [1.54, 1.807) is 0 Å². The van der Waals surface area contributed by atoms with Crippen LogP contribution in [0.3, 0.4) is 0 Å². The minimum Gasteiger partial charge on any atom is -0.316 e. The first-order valence-electron chi connectivity index (χ1n) is 6.22. The van der Waals surface area contributed by atoms with Crippen molar-refractivity contribution in [2.75, 3.05) is 13.1 Å². The molecule has 2 unspecified atom stereocenters. The van der Waals surface area contributed by atoms with Gasteiger partial charge in [0.2, 0.25) is 0 Å². The first-order valence-corrected chi connectivity index (χ1v) is 6.59. The number of rotatable bonds is 3. The van der Waals surface area contributed by atoms with Crippen LogP contribution in [0.4, 0.5) is 0 Å². The molecule has 2 atom stereocenters. The van der Waals surface area contributed by atoms with E-state index in [2.05, 4.69) is 24.4 Å². The van der Waals surface area contributed by atoms with Gasteiger partial charge in [-0.05, 0) is 61.9 Å². The molecule has 0 amide bonds. The highest BCUT2D eigenvalue weighted by atomic mass is 35.5. The fourth-order valence-corrected chi connectivity index (χ4v) is 2.77. The zero-order chi connectivity index (χ0) is 11.4. The summed E-state index contributed by atoms with van der Waals surface area (Å²) < 4.78 is 0. The van der Waals surface area contributed by atoms with Gasteiger partial charge in [-0.2, -0.15) is 0 Å². The maximum absolute atomic E-state index is 6.02. The summed E-state index contributed by atoms with van der Waals surface area (Å²) in [5.74, 6) is 1.45. The highest BCUT2D eigenvalue weighted by Gasteiger charge is 2.17. The Hall–Kier alpha value is -0.530. The number of hydrogen-bond acceptors (Lipinski definition) is 1. The van der Waals surface area contributed by atoms with E-state index < -0.39 is 0 Å². The van der Waals surface area contributed by atoms with E-state index in [4.69, 9.17) is 11.6 Å². The number of halogens is 1. The molecular formula is C14H20ClN. The van der Waals surface area contributed by atoms with Gasteiger partial charge >= 0.3 is 0 Å². The lowest BCUT2D eigenvalue weighted by atomic mass is 9.86. The molecule has 1 saturated heterocycles. The maximum atomic E-state index is 6.02. The molecule has 0 bridgehead atoms. The first kappa shape index (κ1) is 11.9. The Morgan fingerprint density at radius 2 is 2.38 bits per heavy atom. The second-order valence-electron chi connectivity index (χ2n) is 4.90. The molecule has 1 heterocycles. The Morgan fingerprint density at radius 3 is 3.06 bits per heavy atom. The van der Waals surface area contributed by atoms with Crippen molar-refractivity contribution in [1.82, 2.24) is 5.32 Å². The predicted octanol–water partition coefficient (Wildman–Crippen LogP) is 3.83. The SMILES string of the molecule is CC(CC1CCCNC1)c1cccc(Cl)c1. The highest BCUT2D eigenvalue weighted by molar-refractivity contribution is 6.30. The van der Waals surface area contributed by atoms with Gasteiger partial charge in [0.25, 0.3) is 0 Å². The zero-order valence-electron chi connectivity index (χ0n) is 9.88. The van der Waals surface area contributed by atoms with Crippen molar-refractivity contribution in [3.63, 3.8) is 0 Å². The van der Waals surface area contributed by atoms with Crippen LogP contribution < -0.4 is 5.32 Å². The lowest BCUT2D eigenvalue weighted by Crippen LogP contribution is -2.30. The molecule has 0 radical (unpaired) electrons. The molecule has 1 fully saturated rings. The third kappa shape index (κ3) is 3.23. The van der Waals surface area contributed by atoms with Gasteiger partial charge in [0, 0.05) is 5.02 Å². The summed E-state index contributed by atoms with van der Waals surface area (Å²) in [6.45, 7) is 4.69. The number of nitrogens with one attached hydrogen (secondary N) is 1. The second kappa shape index (κ2) is 5.70. The van der Waals surface area contributed by atoms with Gasteiger partial charge in [-0.1, -0.05) is 30.7 Å². The summed E-state index contributed by atoms with van der Waals surface area (Å²) in [5, 5.41) is 4.33. The second-order valence-corrected chi connectivity index (χ2v) is 5.34. The average Bonchev–Trinajstić information content (AvgIpc) is 2.30. The topological polar surface area (TPSA) is 12.0 Å². The molecule has 0 aliphatic carbocycles. The fraction of sp³-hybridized carbons (Fsp3) is 0.571. The van der Waals surface area contributed by atoms with Crippen molar-refractivity contribution in [2.24, 2.45) is 5.92 Å². The minimum atomic E-state index is 0.614. The van der Waals surface area contributed by atoms with Crippen LogP contribution in [0.5, 0.6) is 0 Å². The molecule has 1 nitrogen and oxygen atoms in total. The Labute approximate surface area is 103 Å². The van der Waals surface area contributed by atoms with Crippen LogP contribution >= 0.6 is 11.6 Å². The molecule has 2 heteroatoms. The molecule has 1 aromatic carbocycles. The summed E-state index contributed by atoms with van der Waals surface area (Å²) in [5.41, 5.74) is 1.37. The van der Waals surface area contributed by atoms with E-state index >= 15 is 0 Å². The zero-order valence-corrected chi connectivity index (χ0v) is 10.6. The largest absolute Gasteiger partial charge is 0.316 e. The maximum Gasteiger partial charge on any atom is 0.0408 e. The molecular weight excluding hydrogens is 218 g/mol. The van der Waals surface area contributed by atoms with Crippen molar-refractivity contribution in [2.45, 2.75) is 32.1 Å². The monoisotopic (exact) mass is 237 g/mol. The van der Waals surface area contributed by atoms with E-state index in [1.165, 1.54) is 37.9 Å². The van der Waals surface area contributed by atoms with E-state index in [-0.39, 0.29) is 0 Å². The van der Waals surface area contributed by atoms with Crippen LogP contribution in [0, 0.1) is 5.92 Å².